The number of carbonyl (C=O) groups excluding carboxylic acids is 1. The molecule has 0 radical (unpaired) electrons. The molecule has 1 aliphatic heterocycles. The van der Waals surface area contributed by atoms with Crippen LogP contribution in [-0.4, -0.2) is 44.9 Å². The number of nitrogens with zero attached hydrogens (tertiary/aromatic N) is 3. The molecule has 0 bridgehead atoms. The first-order valence-corrected chi connectivity index (χ1v) is 8.37. The monoisotopic (exact) mass is 315 g/mol. The van der Waals surface area contributed by atoms with Gasteiger partial charge in [-0.15, -0.1) is 0 Å². The van der Waals surface area contributed by atoms with Crippen LogP contribution < -0.4 is 0 Å². The van der Waals surface area contributed by atoms with Gasteiger partial charge in [-0.25, -0.2) is 9.97 Å². The Hall–Kier alpha value is -1.98. The lowest BCUT2D eigenvalue weighted by atomic mass is 9.81. The quantitative estimate of drug-likeness (QED) is 0.922. The van der Waals surface area contributed by atoms with Crippen molar-refractivity contribution in [3.8, 4) is 0 Å². The Morgan fingerprint density at radius 2 is 2.13 bits per heavy atom. The molecule has 2 atom stereocenters. The summed E-state index contributed by atoms with van der Waals surface area (Å²) >= 11 is 0. The summed E-state index contributed by atoms with van der Waals surface area (Å²) in [6.07, 6.45) is 6.28. The summed E-state index contributed by atoms with van der Waals surface area (Å²) < 4.78 is 0. The first-order valence-electron chi connectivity index (χ1n) is 8.37. The van der Waals surface area contributed by atoms with Crippen LogP contribution in [0, 0.1) is 18.3 Å². The maximum Gasteiger partial charge on any atom is 0.311 e. The maximum absolute atomic E-state index is 13.0. The van der Waals surface area contributed by atoms with Crippen LogP contribution in [0.1, 0.15) is 59.9 Å². The molecule has 1 amide bonds. The Morgan fingerprint density at radius 3 is 2.78 bits per heavy atom. The number of carbonyl (C=O) groups is 2. The van der Waals surface area contributed by atoms with Crippen LogP contribution >= 0.6 is 0 Å². The molecule has 1 saturated heterocycles. The predicted molar refractivity (Wildman–Crippen MR) is 82.1 cm³/mol. The molecule has 6 heteroatoms. The number of carboxylic acid groups (broad SMARTS) is 1. The average molecular weight is 315 g/mol. The molecular weight excluding hydrogens is 294 g/mol. The summed E-state index contributed by atoms with van der Waals surface area (Å²) in [6.45, 7) is 2.70. The second-order valence-corrected chi connectivity index (χ2v) is 7.23. The summed E-state index contributed by atoms with van der Waals surface area (Å²) in [5.41, 5.74) is 0.684. The van der Waals surface area contributed by atoms with E-state index in [0.29, 0.717) is 36.8 Å². The minimum Gasteiger partial charge on any atom is -0.481 e. The molecule has 2 aliphatic carbocycles. The summed E-state index contributed by atoms with van der Waals surface area (Å²) in [5, 5.41) is 9.67. The van der Waals surface area contributed by atoms with Crippen LogP contribution in [0.25, 0.3) is 0 Å². The molecule has 1 N–H and O–H groups in total. The fourth-order valence-electron chi connectivity index (χ4n) is 4.28. The zero-order chi connectivity index (χ0) is 16.2. The Labute approximate surface area is 134 Å². The minimum atomic E-state index is -0.752. The van der Waals surface area contributed by atoms with Crippen LogP contribution in [0.3, 0.4) is 0 Å². The molecule has 4 rings (SSSR count). The van der Waals surface area contributed by atoms with Crippen molar-refractivity contribution in [3.63, 3.8) is 0 Å². The van der Waals surface area contributed by atoms with E-state index in [-0.39, 0.29) is 11.8 Å². The van der Waals surface area contributed by atoms with Gasteiger partial charge in [0, 0.05) is 25.2 Å². The number of likely N-dealkylation sites (tertiary alicyclic amines) is 1. The standard InChI is InChI=1S/C17H21N3O3/c1-10-18-7-13(14(19-10)11-4-5-11)15(21)20-8-12-3-2-6-17(12,9-20)16(22)23/h7,11-12H,2-6,8-9H2,1H3,(H,22,23)/t12-,17+/m0/s1. The first kappa shape index (κ1) is 14.6. The molecule has 1 aromatic heterocycles. The van der Waals surface area contributed by atoms with Gasteiger partial charge in [-0.1, -0.05) is 6.42 Å². The number of hydrogen-bond acceptors (Lipinski definition) is 4. The second-order valence-electron chi connectivity index (χ2n) is 7.23. The smallest absolute Gasteiger partial charge is 0.311 e. The van der Waals surface area contributed by atoms with Gasteiger partial charge in [-0.05, 0) is 38.5 Å². The van der Waals surface area contributed by atoms with E-state index in [1.165, 1.54) is 0 Å². The van der Waals surface area contributed by atoms with Gasteiger partial charge < -0.3 is 10.0 Å². The van der Waals surface area contributed by atoms with Gasteiger partial charge in [0.05, 0.1) is 16.7 Å². The Morgan fingerprint density at radius 1 is 1.35 bits per heavy atom. The Balaban J connectivity index is 1.63. The van der Waals surface area contributed by atoms with Crippen LogP contribution in [0.2, 0.25) is 0 Å². The zero-order valence-corrected chi connectivity index (χ0v) is 13.3. The highest BCUT2D eigenvalue weighted by molar-refractivity contribution is 5.96. The lowest BCUT2D eigenvalue weighted by molar-refractivity contribution is -0.149. The van der Waals surface area contributed by atoms with E-state index < -0.39 is 11.4 Å². The number of fused-ring (bicyclic) bond motifs is 1. The molecule has 0 spiro atoms. The number of aromatic nitrogens is 2. The minimum absolute atomic E-state index is 0.0830. The number of rotatable bonds is 3. The van der Waals surface area contributed by atoms with E-state index in [4.69, 9.17) is 0 Å². The molecule has 1 aromatic rings. The molecule has 0 unspecified atom stereocenters. The fourth-order valence-corrected chi connectivity index (χ4v) is 4.28. The molecule has 6 nitrogen and oxygen atoms in total. The highest BCUT2D eigenvalue weighted by atomic mass is 16.4. The first-order chi connectivity index (χ1) is 11.0. The summed E-state index contributed by atoms with van der Waals surface area (Å²) in [5.74, 6) is 0.287. The SMILES string of the molecule is Cc1ncc(C(=O)N2C[C@@H]3CCC[C@@]3(C(=O)O)C2)c(C2CC2)n1. The molecular formula is C17H21N3O3. The van der Waals surface area contributed by atoms with E-state index >= 15 is 0 Å². The van der Waals surface area contributed by atoms with Gasteiger partial charge in [0.1, 0.15) is 5.82 Å². The van der Waals surface area contributed by atoms with Crippen molar-refractivity contribution in [3.05, 3.63) is 23.3 Å². The molecule has 3 aliphatic rings. The summed E-state index contributed by atoms with van der Waals surface area (Å²) in [4.78, 5) is 35.1. The van der Waals surface area contributed by atoms with E-state index in [0.717, 1.165) is 31.4 Å². The Bertz CT molecular complexity index is 686. The number of aliphatic carboxylic acids is 1. The van der Waals surface area contributed by atoms with Crippen LogP contribution in [0.4, 0.5) is 0 Å². The van der Waals surface area contributed by atoms with Crippen molar-refractivity contribution in [2.75, 3.05) is 13.1 Å². The third kappa shape index (κ3) is 2.23. The third-order valence-corrected chi connectivity index (χ3v) is 5.72. The average Bonchev–Trinajstić information content (AvgIpc) is 3.17. The van der Waals surface area contributed by atoms with E-state index in [2.05, 4.69) is 9.97 Å². The van der Waals surface area contributed by atoms with Crippen LogP contribution in [0.5, 0.6) is 0 Å². The fraction of sp³-hybridized carbons (Fsp3) is 0.647. The third-order valence-electron chi connectivity index (χ3n) is 5.72. The molecule has 3 fully saturated rings. The van der Waals surface area contributed by atoms with Gasteiger partial charge in [-0.3, -0.25) is 9.59 Å². The van der Waals surface area contributed by atoms with Crippen molar-refractivity contribution in [2.24, 2.45) is 11.3 Å². The van der Waals surface area contributed by atoms with Crippen molar-refractivity contribution < 1.29 is 14.7 Å². The number of hydrogen-bond donors (Lipinski definition) is 1. The topological polar surface area (TPSA) is 83.4 Å². The summed E-state index contributed by atoms with van der Waals surface area (Å²) in [6, 6.07) is 0. The molecule has 0 aromatic carbocycles. The molecule has 2 heterocycles. The van der Waals surface area contributed by atoms with Crippen molar-refractivity contribution in [1.29, 1.82) is 0 Å². The highest BCUT2D eigenvalue weighted by Gasteiger charge is 2.56. The van der Waals surface area contributed by atoms with Crippen LogP contribution in [-0.2, 0) is 4.79 Å². The zero-order valence-electron chi connectivity index (χ0n) is 13.3. The predicted octanol–water partition coefficient (Wildman–Crippen LogP) is 1.99. The number of aryl methyl sites for hydroxylation is 1. The van der Waals surface area contributed by atoms with Gasteiger partial charge in [0.15, 0.2) is 0 Å². The van der Waals surface area contributed by atoms with Gasteiger partial charge >= 0.3 is 5.97 Å². The van der Waals surface area contributed by atoms with E-state index in [1.807, 2.05) is 6.92 Å². The summed E-state index contributed by atoms with van der Waals surface area (Å²) in [7, 11) is 0. The van der Waals surface area contributed by atoms with Gasteiger partial charge in [0.25, 0.3) is 5.91 Å². The largest absolute Gasteiger partial charge is 0.481 e. The van der Waals surface area contributed by atoms with Crippen molar-refractivity contribution in [2.45, 2.75) is 44.9 Å². The van der Waals surface area contributed by atoms with Gasteiger partial charge in [0.2, 0.25) is 0 Å². The molecule has 23 heavy (non-hydrogen) atoms. The lowest BCUT2D eigenvalue weighted by Gasteiger charge is -2.23. The number of carboxylic acids is 1. The normalized spacial score (nSPS) is 29.6. The Kier molecular flexibility index (Phi) is 3.18. The maximum atomic E-state index is 13.0. The van der Waals surface area contributed by atoms with Gasteiger partial charge in [-0.2, -0.15) is 0 Å². The molecule has 2 saturated carbocycles. The van der Waals surface area contributed by atoms with Crippen molar-refractivity contribution in [1.82, 2.24) is 14.9 Å². The molecule has 122 valence electrons. The second kappa shape index (κ2) is 5.01. The van der Waals surface area contributed by atoms with E-state index in [1.54, 1.807) is 11.1 Å². The van der Waals surface area contributed by atoms with E-state index in [9.17, 15) is 14.7 Å². The lowest BCUT2D eigenvalue weighted by Crippen LogP contribution is -2.37. The number of amides is 1. The van der Waals surface area contributed by atoms with Crippen molar-refractivity contribution >= 4 is 11.9 Å². The van der Waals surface area contributed by atoms with Crippen LogP contribution in [0.15, 0.2) is 6.20 Å². The highest BCUT2D eigenvalue weighted by Crippen LogP contribution is 2.49.